The molecule has 0 aliphatic carbocycles. The standard InChI is InChI=1S/C20H22F3N3O2/c1-26(2)17-9-8-15(20(21,22)23)13-16(17)25-18(27)10-11-24-19(28)12-14-6-4-3-5-7-14/h3-9,13H,10-12H2,1-2H3,(H,24,28)(H,25,27). The van der Waals surface area contributed by atoms with Crippen LogP contribution >= 0.6 is 0 Å². The molecule has 2 rings (SSSR count). The van der Waals surface area contributed by atoms with Crippen LogP contribution in [-0.2, 0) is 22.2 Å². The molecule has 0 aromatic heterocycles. The predicted molar refractivity (Wildman–Crippen MR) is 102 cm³/mol. The molecule has 0 atom stereocenters. The van der Waals surface area contributed by atoms with Crippen LogP contribution in [0.5, 0.6) is 0 Å². The topological polar surface area (TPSA) is 61.4 Å². The van der Waals surface area contributed by atoms with E-state index in [9.17, 15) is 22.8 Å². The van der Waals surface area contributed by atoms with Crippen LogP contribution in [0.1, 0.15) is 17.5 Å². The number of benzene rings is 2. The third-order valence-electron chi connectivity index (χ3n) is 3.96. The van der Waals surface area contributed by atoms with E-state index in [1.807, 2.05) is 30.3 Å². The van der Waals surface area contributed by atoms with Crippen molar-refractivity contribution in [1.82, 2.24) is 5.32 Å². The van der Waals surface area contributed by atoms with Gasteiger partial charge in [-0.15, -0.1) is 0 Å². The van der Waals surface area contributed by atoms with E-state index < -0.39 is 17.6 Å². The minimum absolute atomic E-state index is 0.0519. The van der Waals surface area contributed by atoms with Crippen LogP contribution in [0.2, 0.25) is 0 Å². The van der Waals surface area contributed by atoms with Crippen molar-refractivity contribution >= 4 is 23.2 Å². The summed E-state index contributed by atoms with van der Waals surface area (Å²) in [6.45, 7) is 0.0910. The molecule has 0 unspecified atom stereocenters. The maximum atomic E-state index is 12.9. The Balaban J connectivity index is 1.92. The first-order chi connectivity index (χ1) is 13.2. The van der Waals surface area contributed by atoms with E-state index >= 15 is 0 Å². The lowest BCUT2D eigenvalue weighted by Crippen LogP contribution is -2.29. The fraction of sp³-hybridized carbons (Fsp3) is 0.300. The largest absolute Gasteiger partial charge is 0.416 e. The zero-order valence-corrected chi connectivity index (χ0v) is 15.6. The van der Waals surface area contributed by atoms with Crippen molar-refractivity contribution in [2.24, 2.45) is 0 Å². The number of amides is 2. The maximum absolute atomic E-state index is 12.9. The zero-order chi connectivity index (χ0) is 20.7. The number of hydrogen-bond donors (Lipinski definition) is 2. The normalized spacial score (nSPS) is 11.0. The second-order valence-corrected chi connectivity index (χ2v) is 6.43. The van der Waals surface area contributed by atoms with Crippen molar-refractivity contribution in [2.75, 3.05) is 30.9 Å². The number of rotatable bonds is 7. The van der Waals surface area contributed by atoms with Crippen LogP contribution < -0.4 is 15.5 Å². The van der Waals surface area contributed by atoms with Gasteiger partial charge in [0.15, 0.2) is 0 Å². The van der Waals surface area contributed by atoms with Gasteiger partial charge >= 0.3 is 6.18 Å². The highest BCUT2D eigenvalue weighted by molar-refractivity contribution is 5.95. The molecule has 0 aliphatic rings. The Kier molecular flexibility index (Phi) is 7.03. The summed E-state index contributed by atoms with van der Waals surface area (Å²) in [6.07, 6.45) is -4.36. The lowest BCUT2D eigenvalue weighted by atomic mass is 10.1. The molecular formula is C20H22F3N3O2. The van der Waals surface area contributed by atoms with Gasteiger partial charge in [-0.2, -0.15) is 13.2 Å². The van der Waals surface area contributed by atoms with Crippen LogP contribution in [0, 0.1) is 0 Å². The third-order valence-corrected chi connectivity index (χ3v) is 3.96. The minimum atomic E-state index is -4.50. The van der Waals surface area contributed by atoms with Crippen LogP contribution in [0.15, 0.2) is 48.5 Å². The van der Waals surface area contributed by atoms with Gasteiger partial charge in [-0.05, 0) is 23.8 Å². The quantitative estimate of drug-likeness (QED) is 0.757. The number of halogens is 3. The third kappa shape index (κ3) is 6.29. The van der Waals surface area contributed by atoms with E-state index in [4.69, 9.17) is 0 Å². The van der Waals surface area contributed by atoms with Crippen LogP contribution in [0.3, 0.4) is 0 Å². The number of hydrogen-bond acceptors (Lipinski definition) is 3. The summed E-state index contributed by atoms with van der Waals surface area (Å²) in [5.41, 5.74) is 0.531. The summed E-state index contributed by atoms with van der Waals surface area (Å²) < 4.78 is 38.8. The summed E-state index contributed by atoms with van der Waals surface area (Å²) in [6, 6.07) is 12.3. The number of nitrogens with one attached hydrogen (secondary N) is 2. The fourth-order valence-corrected chi connectivity index (χ4v) is 2.57. The van der Waals surface area contributed by atoms with Crippen LogP contribution in [0.25, 0.3) is 0 Å². The second-order valence-electron chi connectivity index (χ2n) is 6.43. The molecule has 28 heavy (non-hydrogen) atoms. The molecule has 0 bridgehead atoms. The van der Waals surface area contributed by atoms with Gasteiger partial charge in [0.2, 0.25) is 11.8 Å². The van der Waals surface area contributed by atoms with Crippen molar-refractivity contribution in [3.63, 3.8) is 0 Å². The first-order valence-electron chi connectivity index (χ1n) is 8.66. The molecule has 0 aliphatic heterocycles. The summed E-state index contributed by atoms with van der Waals surface area (Å²) in [5, 5.41) is 5.13. The van der Waals surface area contributed by atoms with Crippen LogP contribution in [-0.4, -0.2) is 32.5 Å². The summed E-state index contributed by atoms with van der Waals surface area (Å²) >= 11 is 0. The molecule has 150 valence electrons. The number of alkyl halides is 3. The van der Waals surface area contributed by atoms with Crippen molar-refractivity contribution < 1.29 is 22.8 Å². The molecule has 0 fully saturated rings. The van der Waals surface area contributed by atoms with Crippen molar-refractivity contribution in [2.45, 2.75) is 19.0 Å². The number of anilines is 2. The molecular weight excluding hydrogens is 371 g/mol. The predicted octanol–water partition coefficient (Wildman–Crippen LogP) is 3.46. The average molecular weight is 393 g/mol. The SMILES string of the molecule is CN(C)c1ccc(C(F)(F)F)cc1NC(=O)CCNC(=O)Cc1ccccc1. The fourth-order valence-electron chi connectivity index (χ4n) is 2.57. The Morgan fingerprint density at radius 2 is 1.68 bits per heavy atom. The number of carbonyl (C=O) groups excluding carboxylic acids is 2. The van der Waals surface area contributed by atoms with Gasteiger partial charge in [-0.25, -0.2) is 0 Å². The molecule has 2 aromatic carbocycles. The van der Waals surface area contributed by atoms with Crippen molar-refractivity contribution in [3.8, 4) is 0 Å². The Labute approximate surface area is 161 Å². The Bertz CT molecular complexity index is 821. The van der Waals surface area contributed by atoms with Crippen molar-refractivity contribution in [3.05, 3.63) is 59.7 Å². The van der Waals surface area contributed by atoms with Crippen molar-refractivity contribution in [1.29, 1.82) is 0 Å². The highest BCUT2D eigenvalue weighted by Gasteiger charge is 2.31. The van der Waals surface area contributed by atoms with E-state index in [2.05, 4.69) is 10.6 Å². The first-order valence-corrected chi connectivity index (χ1v) is 8.66. The summed E-state index contributed by atoms with van der Waals surface area (Å²) in [5.74, 6) is -0.713. The smallest absolute Gasteiger partial charge is 0.376 e. The maximum Gasteiger partial charge on any atom is 0.416 e. The Morgan fingerprint density at radius 3 is 2.29 bits per heavy atom. The van der Waals surface area contributed by atoms with Gasteiger partial charge < -0.3 is 15.5 Å². The molecule has 5 nitrogen and oxygen atoms in total. The lowest BCUT2D eigenvalue weighted by molar-refractivity contribution is -0.137. The van der Waals surface area contributed by atoms with Crippen LogP contribution in [0.4, 0.5) is 24.5 Å². The Hall–Kier alpha value is -3.03. The molecule has 8 heteroatoms. The van der Waals surface area contributed by atoms with E-state index in [1.54, 1.807) is 19.0 Å². The molecule has 0 spiro atoms. The highest BCUT2D eigenvalue weighted by Crippen LogP contribution is 2.34. The number of carbonyl (C=O) groups is 2. The van der Waals surface area contributed by atoms with Gasteiger partial charge in [0.25, 0.3) is 0 Å². The first kappa shape index (κ1) is 21.3. The van der Waals surface area contributed by atoms with Gasteiger partial charge in [0, 0.05) is 27.1 Å². The number of nitrogens with zero attached hydrogens (tertiary/aromatic N) is 1. The molecule has 2 aromatic rings. The summed E-state index contributed by atoms with van der Waals surface area (Å²) in [4.78, 5) is 25.6. The van der Waals surface area contributed by atoms with Gasteiger partial charge in [-0.3, -0.25) is 9.59 Å². The molecule has 2 N–H and O–H groups in total. The molecule has 2 amide bonds. The molecule has 0 radical (unpaired) electrons. The monoisotopic (exact) mass is 393 g/mol. The minimum Gasteiger partial charge on any atom is -0.376 e. The Morgan fingerprint density at radius 1 is 1.00 bits per heavy atom. The zero-order valence-electron chi connectivity index (χ0n) is 15.6. The molecule has 0 heterocycles. The van der Waals surface area contributed by atoms with Gasteiger partial charge in [0.05, 0.1) is 23.4 Å². The van der Waals surface area contributed by atoms with Gasteiger partial charge in [0.1, 0.15) is 0 Å². The van der Waals surface area contributed by atoms with E-state index in [-0.39, 0.29) is 31.0 Å². The van der Waals surface area contributed by atoms with E-state index in [0.717, 1.165) is 17.7 Å². The molecule has 0 saturated heterocycles. The summed E-state index contributed by atoms with van der Waals surface area (Å²) in [7, 11) is 3.34. The lowest BCUT2D eigenvalue weighted by Gasteiger charge is -2.20. The highest BCUT2D eigenvalue weighted by atomic mass is 19.4. The van der Waals surface area contributed by atoms with E-state index in [0.29, 0.717) is 5.69 Å². The van der Waals surface area contributed by atoms with E-state index in [1.165, 1.54) is 6.07 Å². The average Bonchev–Trinajstić information content (AvgIpc) is 2.61. The molecule has 0 saturated carbocycles. The second kappa shape index (κ2) is 9.25. The van der Waals surface area contributed by atoms with Gasteiger partial charge in [-0.1, -0.05) is 30.3 Å².